The van der Waals surface area contributed by atoms with E-state index in [1.807, 2.05) is 41.6 Å². The highest BCUT2D eigenvalue weighted by molar-refractivity contribution is 6.01. The highest BCUT2D eigenvalue weighted by Gasteiger charge is 2.32. The molecular formula is C50H57F2N9O5. The highest BCUT2D eigenvalue weighted by atomic mass is 19.3. The maximum absolute atomic E-state index is 14.7. The fraction of sp³-hybridized carbons (Fsp3) is 0.440. The van der Waals surface area contributed by atoms with Gasteiger partial charge in [-0.05, 0) is 110 Å². The number of alkyl halides is 2. The van der Waals surface area contributed by atoms with Gasteiger partial charge in [-0.15, -0.1) is 0 Å². The second-order valence-electron chi connectivity index (χ2n) is 18.2. The van der Waals surface area contributed by atoms with Crippen LogP contribution in [-0.2, 0) is 34.9 Å². The molecule has 16 heteroatoms. The highest BCUT2D eigenvalue weighted by Crippen LogP contribution is 2.45. The van der Waals surface area contributed by atoms with Gasteiger partial charge in [0.15, 0.2) is 0 Å². The van der Waals surface area contributed by atoms with Gasteiger partial charge in [-0.25, -0.2) is 13.6 Å². The van der Waals surface area contributed by atoms with Crippen molar-refractivity contribution >= 4 is 62.5 Å². The van der Waals surface area contributed by atoms with Crippen LogP contribution in [0.25, 0.3) is 32.9 Å². The Morgan fingerprint density at radius 1 is 0.864 bits per heavy atom. The molecule has 9 rings (SSSR count). The first-order chi connectivity index (χ1) is 31.8. The Bertz CT molecular complexity index is 2900. The second-order valence-corrected chi connectivity index (χ2v) is 18.2. The third-order valence-corrected chi connectivity index (χ3v) is 13.9. The molecule has 3 amide bonds. The number of rotatable bonds is 14. The number of likely N-dealkylation sites (tertiary alicyclic amines) is 1. The molecule has 3 aliphatic rings. The van der Waals surface area contributed by atoms with Gasteiger partial charge >= 0.3 is 5.69 Å². The first-order valence-electron chi connectivity index (χ1n) is 23.3. The van der Waals surface area contributed by atoms with E-state index in [1.54, 1.807) is 41.8 Å². The number of nitrogens with one attached hydrogen (secondary N) is 2. The van der Waals surface area contributed by atoms with E-state index in [0.29, 0.717) is 54.6 Å². The number of fused-ring (bicyclic) bond motifs is 3. The van der Waals surface area contributed by atoms with Crippen LogP contribution >= 0.6 is 0 Å². The summed E-state index contributed by atoms with van der Waals surface area (Å²) in [5.74, 6) is -0.487. The molecule has 14 nitrogen and oxygen atoms in total. The molecule has 66 heavy (non-hydrogen) atoms. The lowest BCUT2D eigenvalue weighted by molar-refractivity contribution is -0.136. The molecule has 3 aromatic heterocycles. The predicted molar refractivity (Wildman–Crippen MR) is 251 cm³/mol. The van der Waals surface area contributed by atoms with Gasteiger partial charge < -0.3 is 15.1 Å². The molecule has 0 radical (unpaired) electrons. The maximum atomic E-state index is 14.7. The fourth-order valence-corrected chi connectivity index (χ4v) is 10.3. The minimum absolute atomic E-state index is 0.0300. The number of amides is 3. The number of hydrogen-bond acceptors (Lipinski definition) is 8. The van der Waals surface area contributed by atoms with Crippen molar-refractivity contribution in [2.24, 2.45) is 14.1 Å². The number of imide groups is 1. The molecule has 0 bridgehead atoms. The van der Waals surface area contributed by atoms with Gasteiger partial charge in [-0.3, -0.25) is 42.9 Å². The van der Waals surface area contributed by atoms with Crippen molar-refractivity contribution in [3.63, 3.8) is 0 Å². The van der Waals surface area contributed by atoms with E-state index in [9.17, 15) is 32.8 Å². The summed E-state index contributed by atoms with van der Waals surface area (Å²) in [4.78, 5) is 67.4. The van der Waals surface area contributed by atoms with Crippen LogP contribution in [0.15, 0.2) is 72.0 Å². The lowest BCUT2D eigenvalue weighted by Crippen LogP contribution is -2.44. The molecule has 3 aliphatic heterocycles. The summed E-state index contributed by atoms with van der Waals surface area (Å²) in [5, 5.41) is 11.8. The summed E-state index contributed by atoms with van der Waals surface area (Å²) >= 11 is 0. The third-order valence-electron chi connectivity index (χ3n) is 13.9. The fourth-order valence-electron chi connectivity index (χ4n) is 10.3. The molecule has 3 aromatic carbocycles. The van der Waals surface area contributed by atoms with Crippen LogP contribution in [0.5, 0.6) is 0 Å². The molecule has 0 spiro atoms. The summed E-state index contributed by atoms with van der Waals surface area (Å²) < 4.78 is 35.7. The van der Waals surface area contributed by atoms with Gasteiger partial charge in [-0.2, -0.15) is 5.10 Å². The number of carbonyl (C=O) groups is 4. The van der Waals surface area contributed by atoms with Crippen LogP contribution in [0.1, 0.15) is 117 Å². The number of benzene rings is 3. The van der Waals surface area contributed by atoms with Crippen LogP contribution in [0.3, 0.4) is 0 Å². The summed E-state index contributed by atoms with van der Waals surface area (Å²) in [6.07, 6.45) is 13.5. The van der Waals surface area contributed by atoms with E-state index in [4.69, 9.17) is 0 Å². The summed E-state index contributed by atoms with van der Waals surface area (Å²) in [6, 6.07) is 12.8. The normalized spacial score (nSPS) is 17.0. The van der Waals surface area contributed by atoms with Crippen molar-refractivity contribution in [2.75, 3.05) is 36.4 Å². The van der Waals surface area contributed by atoms with E-state index < -0.39 is 18.4 Å². The Hall–Kier alpha value is -6.58. The lowest BCUT2D eigenvalue weighted by Gasteiger charge is -2.35. The Labute approximate surface area is 381 Å². The molecule has 6 heterocycles. The smallest absolute Gasteiger partial charge is 0.329 e. The van der Waals surface area contributed by atoms with E-state index >= 15 is 0 Å². The number of halogens is 2. The summed E-state index contributed by atoms with van der Waals surface area (Å²) in [7, 11) is 3.46. The van der Waals surface area contributed by atoms with Crippen molar-refractivity contribution in [1.82, 2.24) is 33.7 Å². The zero-order valence-electron chi connectivity index (χ0n) is 37.8. The number of piperidine rings is 2. The van der Waals surface area contributed by atoms with E-state index in [-0.39, 0.29) is 41.3 Å². The van der Waals surface area contributed by atoms with Gasteiger partial charge in [0.25, 0.3) is 6.43 Å². The molecular weight excluding hydrogens is 845 g/mol. The van der Waals surface area contributed by atoms with Gasteiger partial charge in [0.05, 0.1) is 22.9 Å². The Kier molecular flexibility index (Phi) is 12.7. The first-order valence-corrected chi connectivity index (χ1v) is 23.3. The molecule has 2 saturated heterocycles. The molecule has 346 valence electrons. The molecule has 0 saturated carbocycles. The van der Waals surface area contributed by atoms with Crippen molar-refractivity contribution in [3.05, 3.63) is 94.4 Å². The van der Waals surface area contributed by atoms with Crippen LogP contribution < -0.4 is 21.2 Å². The van der Waals surface area contributed by atoms with Gasteiger partial charge in [-0.1, -0.05) is 19.3 Å². The Morgan fingerprint density at radius 3 is 2.39 bits per heavy atom. The van der Waals surface area contributed by atoms with Crippen LogP contribution in [0, 0.1) is 0 Å². The second kappa shape index (κ2) is 18.7. The van der Waals surface area contributed by atoms with Gasteiger partial charge in [0.1, 0.15) is 6.04 Å². The molecule has 2 N–H and O–H groups in total. The number of aryl methyl sites for hydroxylation is 3. The van der Waals surface area contributed by atoms with Crippen molar-refractivity contribution in [3.8, 4) is 11.1 Å². The van der Waals surface area contributed by atoms with Gasteiger partial charge in [0.2, 0.25) is 23.6 Å². The number of carbonyl (C=O) groups excluding carboxylic acids is 4. The Morgan fingerprint density at radius 2 is 1.65 bits per heavy atom. The van der Waals surface area contributed by atoms with Gasteiger partial charge in [0, 0.05) is 112 Å². The number of anilines is 3. The van der Waals surface area contributed by atoms with E-state index in [1.165, 1.54) is 16.1 Å². The average molecular weight is 902 g/mol. The topological polar surface area (TPSA) is 148 Å². The lowest BCUT2D eigenvalue weighted by atomic mass is 9.87. The average Bonchev–Trinajstić information content (AvgIpc) is 4.02. The molecule has 1 atom stereocenters. The number of hydrogen-bond donors (Lipinski definition) is 2. The number of unbranched alkanes of at least 4 members (excludes halogenated alkanes) is 4. The minimum atomic E-state index is -2.67. The predicted octanol–water partition coefficient (Wildman–Crippen LogP) is 8.51. The standard InChI is InChI=1S/C50H57F2N9O5/c1-31(62)59-29-35-22-34(24-44(40(35)30-59)60-19-9-10-33-23-38(36-27-54-56(2)28-36)39(48(51)52)26-43(33)60)32-16-20-58(21-17-32)47(64)11-7-5-4-6-8-18-53-37-12-13-41-45(25-37)57(3)50(66)61(41)42-14-15-46(63)55-49(42)65/h12-13,22-30,32,42,48,53H,4-11,14-21H2,1-3H3,(H,55,63,65). The zero-order chi connectivity index (χ0) is 46.2. The van der Waals surface area contributed by atoms with E-state index in [0.717, 1.165) is 103 Å². The molecule has 6 aromatic rings. The number of imidazole rings is 1. The molecule has 2 fully saturated rings. The Balaban J connectivity index is 0.777. The summed E-state index contributed by atoms with van der Waals surface area (Å²) in [5.41, 5.74) is 6.89. The monoisotopic (exact) mass is 901 g/mol. The van der Waals surface area contributed by atoms with Crippen molar-refractivity contribution < 1.29 is 28.0 Å². The van der Waals surface area contributed by atoms with Crippen molar-refractivity contribution in [2.45, 2.75) is 102 Å². The van der Waals surface area contributed by atoms with Crippen LogP contribution in [0.4, 0.5) is 25.8 Å². The SMILES string of the molecule is CC(=O)n1cc2cc(C3CCN(C(=O)CCCCCCCNc4ccc5c(c4)n(C)c(=O)n5C4CCC(=O)NC4=O)CC3)cc(N3CCCc4cc(-c5cnn(C)c5)c(C(F)F)cc43)c2c1. The largest absolute Gasteiger partial charge is 0.385 e. The first kappa shape index (κ1) is 44.6. The minimum Gasteiger partial charge on any atom is -0.385 e. The van der Waals surface area contributed by atoms with Crippen molar-refractivity contribution in [1.29, 1.82) is 0 Å². The summed E-state index contributed by atoms with van der Waals surface area (Å²) in [6.45, 7) is 4.28. The molecule has 1 unspecified atom stereocenters. The zero-order valence-corrected chi connectivity index (χ0v) is 37.8. The quantitative estimate of drug-likeness (QED) is 0.0817. The number of aromatic nitrogens is 5. The van der Waals surface area contributed by atoms with Crippen LogP contribution in [-0.4, -0.2) is 78.2 Å². The van der Waals surface area contributed by atoms with Crippen LogP contribution in [0.2, 0.25) is 0 Å². The van der Waals surface area contributed by atoms with E-state index in [2.05, 4.69) is 32.8 Å². The third kappa shape index (κ3) is 8.89. The maximum Gasteiger partial charge on any atom is 0.329 e. The number of nitrogens with zero attached hydrogens (tertiary/aromatic N) is 7. The molecule has 0 aliphatic carbocycles.